The Bertz CT molecular complexity index is 1800. The molecule has 0 spiro atoms. The summed E-state index contributed by atoms with van der Waals surface area (Å²) in [4.78, 5) is 25.3. The van der Waals surface area contributed by atoms with E-state index >= 15 is 4.39 Å². The van der Waals surface area contributed by atoms with E-state index in [1.54, 1.807) is 6.07 Å². The maximum absolute atomic E-state index is 15.2. The zero-order chi connectivity index (χ0) is 34.9. The van der Waals surface area contributed by atoms with Crippen LogP contribution in [0, 0.1) is 17.5 Å². The van der Waals surface area contributed by atoms with Gasteiger partial charge >= 0.3 is 12.4 Å². The molecule has 1 amide bonds. The van der Waals surface area contributed by atoms with Crippen LogP contribution in [0.4, 0.5) is 39.5 Å². The van der Waals surface area contributed by atoms with Gasteiger partial charge in [-0.1, -0.05) is 36.4 Å². The zero-order valence-electron chi connectivity index (χ0n) is 24.3. The molecule has 0 saturated heterocycles. The molecule has 5 nitrogen and oxygen atoms in total. The van der Waals surface area contributed by atoms with Crippen molar-refractivity contribution in [2.75, 3.05) is 0 Å². The van der Waals surface area contributed by atoms with Gasteiger partial charge in [-0.05, 0) is 73.0 Å². The Kier molecular flexibility index (Phi) is 9.38. The lowest BCUT2D eigenvalue weighted by atomic mass is 9.77. The number of carboxylic acids is 1. The number of carbonyl (C=O) groups excluding carboxylic acids is 2. The van der Waals surface area contributed by atoms with Crippen LogP contribution < -0.4 is 15.2 Å². The summed E-state index contributed by atoms with van der Waals surface area (Å²) in [5.41, 5.74) is -9.38. The minimum absolute atomic E-state index is 0.187. The van der Waals surface area contributed by atoms with Crippen LogP contribution in [0.5, 0.6) is 5.75 Å². The molecule has 47 heavy (non-hydrogen) atoms. The summed E-state index contributed by atoms with van der Waals surface area (Å²) in [7, 11) is 0. The van der Waals surface area contributed by atoms with Gasteiger partial charge in [0.1, 0.15) is 28.8 Å². The van der Waals surface area contributed by atoms with Crippen LogP contribution in [0.2, 0.25) is 0 Å². The number of alkyl halides is 6. The molecule has 0 fully saturated rings. The van der Waals surface area contributed by atoms with Crippen LogP contribution in [0.1, 0.15) is 52.0 Å². The van der Waals surface area contributed by atoms with E-state index in [0.717, 1.165) is 38.1 Å². The second-order valence-corrected chi connectivity index (χ2v) is 11.0. The minimum atomic E-state index is -5.27. The molecular formula is C33H23F9NO4-. The first-order valence-electron chi connectivity index (χ1n) is 13.5. The quantitative estimate of drug-likeness (QED) is 0.196. The number of rotatable bonds is 9. The molecule has 0 aliphatic carbocycles. The maximum atomic E-state index is 15.2. The first kappa shape index (κ1) is 34.9. The average molecular weight is 669 g/mol. The molecule has 4 aromatic rings. The molecule has 0 bridgehead atoms. The van der Waals surface area contributed by atoms with Gasteiger partial charge in [-0.2, -0.15) is 26.3 Å². The Balaban J connectivity index is 2.05. The largest absolute Gasteiger partial charge is 0.546 e. The molecule has 0 saturated carbocycles. The van der Waals surface area contributed by atoms with Crippen molar-refractivity contribution in [2.24, 2.45) is 0 Å². The highest BCUT2D eigenvalue weighted by Gasteiger charge is 2.42. The summed E-state index contributed by atoms with van der Waals surface area (Å²) in [6.45, 7) is 2.13. The van der Waals surface area contributed by atoms with Crippen molar-refractivity contribution in [3.63, 3.8) is 0 Å². The van der Waals surface area contributed by atoms with Gasteiger partial charge in [0.15, 0.2) is 0 Å². The summed E-state index contributed by atoms with van der Waals surface area (Å²) >= 11 is 0. The number of amides is 1. The Hall–Kier alpha value is -5.01. The Morgan fingerprint density at radius 2 is 1.30 bits per heavy atom. The number of carboxylic acid groups (broad SMARTS) is 1. The molecule has 1 atom stereocenters. The van der Waals surface area contributed by atoms with Gasteiger partial charge in [0.05, 0.1) is 22.6 Å². The second kappa shape index (κ2) is 12.6. The van der Waals surface area contributed by atoms with Crippen molar-refractivity contribution in [1.29, 1.82) is 0 Å². The molecule has 0 radical (unpaired) electrons. The van der Waals surface area contributed by atoms with Gasteiger partial charge in [0, 0.05) is 18.1 Å². The molecule has 14 heteroatoms. The van der Waals surface area contributed by atoms with Gasteiger partial charge in [-0.3, -0.25) is 4.79 Å². The molecule has 0 heterocycles. The molecule has 0 aliphatic rings. The zero-order valence-corrected chi connectivity index (χ0v) is 24.3. The number of carbonyl (C=O) groups is 2. The molecule has 1 N–H and O–H groups in total. The Morgan fingerprint density at radius 3 is 1.87 bits per heavy atom. The Morgan fingerprint density at radius 1 is 0.723 bits per heavy atom. The number of aliphatic carboxylic acids is 1. The van der Waals surface area contributed by atoms with E-state index in [-0.39, 0.29) is 11.6 Å². The van der Waals surface area contributed by atoms with Crippen LogP contribution >= 0.6 is 0 Å². The number of hydrogen-bond donors (Lipinski definition) is 1. The number of hydrogen-bond acceptors (Lipinski definition) is 4. The lowest BCUT2D eigenvalue weighted by molar-refractivity contribution is -0.320. The van der Waals surface area contributed by atoms with Crippen LogP contribution in [0.3, 0.4) is 0 Å². The van der Waals surface area contributed by atoms with Gasteiger partial charge < -0.3 is 20.0 Å². The number of halogens is 9. The molecule has 1 unspecified atom stereocenters. The van der Waals surface area contributed by atoms with E-state index in [1.807, 2.05) is 0 Å². The molecular weight excluding hydrogens is 645 g/mol. The number of nitrogens with one attached hydrogen (secondary N) is 1. The fourth-order valence-corrected chi connectivity index (χ4v) is 4.82. The molecule has 4 rings (SSSR count). The first-order chi connectivity index (χ1) is 21.7. The third-order valence-corrected chi connectivity index (χ3v) is 7.17. The predicted octanol–water partition coefficient (Wildman–Crippen LogP) is 6.97. The fourth-order valence-electron chi connectivity index (χ4n) is 4.82. The summed E-state index contributed by atoms with van der Waals surface area (Å²) in [6.07, 6.45) is -11.0. The minimum Gasteiger partial charge on any atom is -0.546 e. The van der Waals surface area contributed by atoms with Crippen molar-refractivity contribution in [3.05, 3.63) is 136 Å². The van der Waals surface area contributed by atoms with E-state index in [0.29, 0.717) is 29.8 Å². The summed E-state index contributed by atoms with van der Waals surface area (Å²) in [5, 5.41) is 14.0. The monoisotopic (exact) mass is 668 g/mol. The average Bonchev–Trinajstić information content (AvgIpc) is 2.96. The van der Waals surface area contributed by atoms with Crippen LogP contribution in [-0.2, 0) is 29.1 Å². The SMILES string of the molecule is CC(C)(Oc1cc(F)cc(C(Cc2ccccc2)(NC(=O)c2ccc(F)c(C(F)(F)F)c2)c2ccc(F)c(C(F)(F)F)c2)c1)C(=O)[O-]. The van der Waals surface area contributed by atoms with E-state index in [9.17, 15) is 49.8 Å². The molecule has 0 aromatic heterocycles. The van der Waals surface area contributed by atoms with Crippen LogP contribution in [0.25, 0.3) is 0 Å². The van der Waals surface area contributed by atoms with Crippen molar-refractivity contribution in [2.45, 2.75) is 43.8 Å². The summed E-state index contributed by atoms with van der Waals surface area (Å²) < 4.78 is 132. The van der Waals surface area contributed by atoms with Crippen LogP contribution in [-0.4, -0.2) is 17.5 Å². The predicted molar refractivity (Wildman–Crippen MR) is 147 cm³/mol. The van der Waals surface area contributed by atoms with Crippen molar-refractivity contribution in [1.82, 2.24) is 5.32 Å². The Labute approximate surface area is 261 Å². The lowest BCUT2D eigenvalue weighted by Crippen LogP contribution is -2.49. The molecule has 4 aromatic carbocycles. The smallest absolute Gasteiger partial charge is 0.419 e. The highest BCUT2D eigenvalue weighted by Crippen LogP contribution is 2.41. The normalized spacial score (nSPS) is 13.5. The second-order valence-electron chi connectivity index (χ2n) is 11.0. The fraction of sp³-hybridized carbons (Fsp3) is 0.212. The highest BCUT2D eigenvalue weighted by molar-refractivity contribution is 5.95. The van der Waals surface area contributed by atoms with Gasteiger partial charge in [0.25, 0.3) is 5.91 Å². The maximum Gasteiger partial charge on any atom is 0.419 e. The molecule has 248 valence electrons. The standard InChI is InChI=1S/C33H24F9NO4/c1-30(2,29(45)46)47-23-14-21(13-22(34)16-23)31(17-18-6-4-3-5-7-18,20-9-11-27(36)25(15-20)33(40,41)42)43-28(44)19-8-10-26(35)24(12-19)32(37,38)39/h3-16H,17H2,1-2H3,(H,43,44)(H,45,46)/p-1. The van der Waals surface area contributed by atoms with Gasteiger partial charge in [0.2, 0.25) is 0 Å². The van der Waals surface area contributed by atoms with E-state index in [2.05, 4.69) is 5.32 Å². The van der Waals surface area contributed by atoms with Crippen molar-refractivity contribution >= 4 is 11.9 Å². The van der Waals surface area contributed by atoms with E-state index in [4.69, 9.17) is 4.74 Å². The van der Waals surface area contributed by atoms with Gasteiger partial charge in [-0.15, -0.1) is 0 Å². The van der Waals surface area contributed by atoms with Crippen LogP contribution in [0.15, 0.2) is 84.9 Å². The topological polar surface area (TPSA) is 78.5 Å². The lowest BCUT2D eigenvalue weighted by Gasteiger charge is -2.37. The van der Waals surface area contributed by atoms with Crippen molar-refractivity contribution < 1.29 is 58.9 Å². The summed E-state index contributed by atoms with van der Waals surface area (Å²) in [6, 6.07) is 13.0. The van der Waals surface area contributed by atoms with Crippen molar-refractivity contribution in [3.8, 4) is 5.75 Å². The summed E-state index contributed by atoms with van der Waals surface area (Å²) in [5.74, 6) is -8.12. The van der Waals surface area contributed by atoms with Gasteiger partial charge in [-0.25, -0.2) is 13.2 Å². The first-order valence-corrected chi connectivity index (χ1v) is 13.5. The number of benzene rings is 4. The highest BCUT2D eigenvalue weighted by atomic mass is 19.4. The number of ether oxygens (including phenoxy) is 1. The third kappa shape index (κ3) is 7.69. The molecule has 0 aliphatic heterocycles. The third-order valence-electron chi connectivity index (χ3n) is 7.17. The van der Waals surface area contributed by atoms with E-state index in [1.165, 1.54) is 24.3 Å². The van der Waals surface area contributed by atoms with E-state index < -0.39 is 87.2 Å².